The van der Waals surface area contributed by atoms with Crippen molar-refractivity contribution in [3.05, 3.63) is 0 Å². The van der Waals surface area contributed by atoms with Crippen molar-refractivity contribution < 1.29 is 4.39 Å². The van der Waals surface area contributed by atoms with Crippen LogP contribution in [0.25, 0.3) is 0 Å². The van der Waals surface area contributed by atoms with Gasteiger partial charge in [-0.25, -0.2) is 4.39 Å². The quantitative estimate of drug-likeness (QED) is 0.568. The topological polar surface area (TPSA) is 12.0 Å². The average Bonchev–Trinajstić information content (AvgIpc) is 2.13. The molecule has 1 aliphatic rings. The zero-order valence-corrected chi connectivity index (χ0v) is 6.08. The molecule has 0 aliphatic carbocycles. The van der Waals surface area contributed by atoms with Crippen molar-refractivity contribution in [1.29, 1.82) is 0 Å². The zero-order chi connectivity index (χ0) is 6.91. The first kappa shape index (κ1) is 7.00. The van der Waals surface area contributed by atoms with Gasteiger partial charge >= 0.3 is 0 Å². The monoisotopic (exact) mass is 131 g/mol. The summed E-state index contributed by atoms with van der Waals surface area (Å²) >= 11 is 0. The Morgan fingerprint density at radius 2 is 2.44 bits per heavy atom. The predicted octanol–water partition coefficient (Wildman–Crippen LogP) is 1.49. The number of nitrogens with one attached hydrogen (secondary N) is 1. The Balaban J connectivity index is 2.45. The summed E-state index contributed by atoms with van der Waals surface area (Å²) < 4.78 is 12.5. The molecule has 1 rings (SSSR count). The van der Waals surface area contributed by atoms with Crippen LogP contribution in [-0.2, 0) is 0 Å². The lowest BCUT2D eigenvalue weighted by Crippen LogP contribution is -2.34. The van der Waals surface area contributed by atoms with Gasteiger partial charge in [0.05, 0.1) is 0 Å². The fraction of sp³-hybridized carbons (Fsp3) is 1.00. The lowest BCUT2D eigenvalue weighted by atomic mass is 9.97. The van der Waals surface area contributed by atoms with E-state index in [1.54, 1.807) is 0 Å². The summed E-state index contributed by atoms with van der Waals surface area (Å²) in [7, 11) is 0. The number of rotatable bonds is 1. The van der Waals surface area contributed by atoms with E-state index in [0.717, 1.165) is 6.42 Å². The summed E-state index contributed by atoms with van der Waals surface area (Å²) in [5.41, 5.74) is 0.0828. The van der Waals surface area contributed by atoms with Gasteiger partial charge in [0.15, 0.2) is 0 Å². The molecule has 1 N–H and O–H groups in total. The molecule has 0 amide bonds. The fourth-order valence-corrected chi connectivity index (χ4v) is 1.26. The van der Waals surface area contributed by atoms with Crippen LogP contribution in [0.3, 0.4) is 0 Å². The van der Waals surface area contributed by atoms with Crippen molar-refractivity contribution in [1.82, 2.24) is 5.32 Å². The van der Waals surface area contributed by atoms with Gasteiger partial charge < -0.3 is 5.32 Å². The van der Waals surface area contributed by atoms with Crippen LogP contribution in [0.5, 0.6) is 0 Å². The van der Waals surface area contributed by atoms with E-state index in [-0.39, 0.29) is 5.54 Å². The Bertz CT molecular complexity index is 105. The first-order valence-corrected chi connectivity index (χ1v) is 3.55. The lowest BCUT2D eigenvalue weighted by molar-refractivity contribution is 0.326. The normalized spacial score (nSPS) is 43.7. The van der Waals surface area contributed by atoms with E-state index in [1.165, 1.54) is 0 Å². The molecule has 54 valence electrons. The third-order valence-electron chi connectivity index (χ3n) is 2.20. The highest BCUT2D eigenvalue weighted by Gasteiger charge is 2.32. The van der Waals surface area contributed by atoms with Gasteiger partial charge in [0.2, 0.25) is 0 Å². The Morgan fingerprint density at radius 1 is 1.78 bits per heavy atom. The smallest absolute Gasteiger partial charge is 0.114 e. The average molecular weight is 131 g/mol. The molecule has 1 heterocycles. The third-order valence-corrected chi connectivity index (χ3v) is 2.20. The number of halogens is 1. The van der Waals surface area contributed by atoms with Gasteiger partial charge in [0.1, 0.15) is 6.17 Å². The van der Waals surface area contributed by atoms with Gasteiger partial charge in [-0.3, -0.25) is 0 Å². The highest BCUT2D eigenvalue weighted by molar-refractivity contribution is 4.91. The second kappa shape index (κ2) is 2.25. The predicted molar refractivity (Wildman–Crippen MR) is 36.2 cm³/mol. The molecular formula is C7H14FN. The van der Waals surface area contributed by atoms with Crippen LogP contribution in [0.2, 0.25) is 0 Å². The summed E-state index contributed by atoms with van der Waals surface area (Å²) in [6.45, 7) is 4.71. The van der Waals surface area contributed by atoms with Crippen LogP contribution in [0, 0.1) is 0 Å². The molecule has 0 aromatic carbocycles. The minimum atomic E-state index is -0.616. The second-order valence-electron chi connectivity index (χ2n) is 3.10. The molecule has 1 aliphatic heterocycles. The number of alkyl halides is 1. The lowest BCUT2D eigenvalue weighted by Gasteiger charge is -2.20. The van der Waals surface area contributed by atoms with Crippen molar-refractivity contribution in [3.8, 4) is 0 Å². The summed E-state index contributed by atoms with van der Waals surface area (Å²) in [4.78, 5) is 0. The van der Waals surface area contributed by atoms with Crippen molar-refractivity contribution in [2.75, 3.05) is 6.54 Å². The molecule has 0 spiro atoms. The van der Waals surface area contributed by atoms with Gasteiger partial charge in [0, 0.05) is 12.1 Å². The third kappa shape index (κ3) is 1.42. The molecule has 1 nitrogen and oxygen atoms in total. The van der Waals surface area contributed by atoms with E-state index in [0.29, 0.717) is 13.0 Å². The number of hydrogen-bond acceptors (Lipinski definition) is 1. The maximum Gasteiger partial charge on any atom is 0.114 e. The molecule has 0 aromatic heterocycles. The molecule has 1 saturated heterocycles. The Morgan fingerprint density at radius 3 is 2.67 bits per heavy atom. The summed E-state index contributed by atoms with van der Waals surface area (Å²) in [6.07, 6.45) is 1.09. The second-order valence-corrected chi connectivity index (χ2v) is 3.10. The first-order chi connectivity index (χ1) is 4.16. The summed E-state index contributed by atoms with van der Waals surface area (Å²) in [6, 6.07) is 0. The molecule has 0 bridgehead atoms. The van der Waals surface area contributed by atoms with Gasteiger partial charge in [-0.2, -0.15) is 0 Å². The van der Waals surface area contributed by atoms with Crippen molar-refractivity contribution in [2.24, 2.45) is 0 Å². The van der Waals surface area contributed by atoms with Crippen LogP contribution in [0.1, 0.15) is 26.7 Å². The minimum Gasteiger partial charge on any atom is -0.309 e. The molecule has 1 fully saturated rings. The van der Waals surface area contributed by atoms with E-state index in [2.05, 4.69) is 19.2 Å². The van der Waals surface area contributed by atoms with Gasteiger partial charge in [-0.1, -0.05) is 6.92 Å². The maximum atomic E-state index is 12.5. The molecule has 0 radical (unpaired) electrons. The molecule has 2 atom stereocenters. The Hall–Kier alpha value is -0.110. The van der Waals surface area contributed by atoms with E-state index in [9.17, 15) is 4.39 Å². The standard InChI is InChI=1S/C7H14FN/c1-3-7(2)4-6(8)5-9-7/h6,9H,3-5H2,1-2H3. The minimum absolute atomic E-state index is 0.0828. The van der Waals surface area contributed by atoms with Crippen LogP contribution < -0.4 is 5.32 Å². The van der Waals surface area contributed by atoms with Gasteiger partial charge in [0.25, 0.3) is 0 Å². The molecule has 2 heteroatoms. The largest absolute Gasteiger partial charge is 0.309 e. The van der Waals surface area contributed by atoms with Crippen LogP contribution >= 0.6 is 0 Å². The SMILES string of the molecule is CCC1(C)CC(F)CN1. The highest BCUT2D eigenvalue weighted by atomic mass is 19.1. The Kier molecular flexibility index (Phi) is 1.75. The molecular weight excluding hydrogens is 117 g/mol. The molecule has 0 saturated carbocycles. The highest BCUT2D eigenvalue weighted by Crippen LogP contribution is 2.23. The summed E-state index contributed by atoms with van der Waals surface area (Å²) in [5, 5.41) is 3.16. The van der Waals surface area contributed by atoms with Crippen molar-refractivity contribution in [2.45, 2.75) is 38.4 Å². The molecule has 9 heavy (non-hydrogen) atoms. The van der Waals surface area contributed by atoms with E-state index in [1.807, 2.05) is 0 Å². The van der Waals surface area contributed by atoms with Crippen molar-refractivity contribution in [3.63, 3.8) is 0 Å². The number of hydrogen-bond donors (Lipinski definition) is 1. The fourth-order valence-electron chi connectivity index (χ4n) is 1.26. The van der Waals surface area contributed by atoms with E-state index >= 15 is 0 Å². The van der Waals surface area contributed by atoms with Crippen LogP contribution in [-0.4, -0.2) is 18.3 Å². The Labute approximate surface area is 55.6 Å². The summed E-state index contributed by atoms with van der Waals surface area (Å²) in [5.74, 6) is 0. The molecule has 2 unspecified atom stereocenters. The van der Waals surface area contributed by atoms with E-state index < -0.39 is 6.17 Å². The van der Waals surface area contributed by atoms with Gasteiger partial charge in [-0.15, -0.1) is 0 Å². The first-order valence-electron chi connectivity index (χ1n) is 3.55. The van der Waals surface area contributed by atoms with Crippen molar-refractivity contribution >= 4 is 0 Å². The maximum absolute atomic E-state index is 12.5. The van der Waals surface area contributed by atoms with E-state index in [4.69, 9.17) is 0 Å². The van der Waals surface area contributed by atoms with Crippen LogP contribution in [0.15, 0.2) is 0 Å². The molecule has 0 aromatic rings. The van der Waals surface area contributed by atoms with Crippen LogP contribution in [0.4, 0.5) is 4.39 Å². The zero-order valence-electron chi connectivity index (χ0n) is 6.08. The van der Waals surface area contributed by atoms with Gasteiger partial charge in [-0.05, 0) is 19.8 Å².